The van der Waals surface area contributed by atoms with E-state index >= 15 is 0 Å². The molecule has 27 heavy (non-hydrogen) atoms. The monoisotopic (exact) mass is 362 g/mol. The highest BCUT2D eigenvalue weighted by Gasteiger charge is 2.09. The quantitative estimate of drug-likeness (QED) is 0.345. The summed E-state index contributed by atoms with van der Waals surface area (Å²) < 4.78 is 11.0. The first-order valence-electron chi connectivity index (χ1n) is 9.00. The maximum atomic E-state index is 12.2. The van der Waals surface area contributed by atoms with E-state index in [1.807, 2.05) is 36.4 Å². The van der Waals surface area contributed by atoms with E-state index in [2.05, 4.69) is 6.92 Å². The van der Waals surface area contributed by atoms with Gasteiger partial charge in [-0.15, -0.1) is 0 Å². The summed E-state index contributed by atoms with van der Waals surface area (Å²) in [4.78, 5) is 12.2. The lowest BCUT2D eigenvalue weighted by Crippen LogP contribution is -2.08. The number of aromatic hydroxyl groups is 1. The summed E-state index contributed by atoms with van der Waals surface area (Å²) in [6, 6.07) is 21.2. The number of ether oxygens (including phenoxy) is 2. The molecule has 0 radical (unpaired) electrons. The summed E-state index contributed by atoms with van der Waals surface area (Å²) in [6.45, 7) is 2.87. The average molecular weight is 362 g/mol. The third-order valence-electron chi connectivity index (χ3n) is 4.12. The van der Waals surface area contributed by atoms with Crippen LogP contribution in [0.3, 0.4) is 0 Å². The Hall–Kier alpha value is -3.27. The van der Waals surface area contributed by atoms with Gasteiger partial charge in [0, 0.05) is 0 Å². The predicted octanol–water partition coefficient (Wildman–Crippen LogP) is 5.46. The topological polar surface area (TPSA) is 55.8 Å². The molecule has 0 unspecified atom stereocenters. The van der Waals surface area contributed by atoms with Crippen molar-refractivity contribution in [3.05, 3.63) is 78.4 Å². The second kappa shape index (κ2) is 8.90. The number of unbranched alkanes of at least 4 members (excludes halogenated alkanes) is 1. The number of phenolic OH excluding ortho intramolecular Hbond substituents is 1. The van der Waals surface area contributed by atoms with Crippen molar-refractivity contribution in [2.75, 3.05) is 6.61 Å². The van der Waals surface area contributed by atoms with Crippen molar-refractivity contribution in [1.29, 1.82) is 0 Å². The molecule has 0 spiro atoms. The van der Waals surface area contributed by atoms with Crippen LogP contribution in [0.25, 0.3) is 11.1 Å². The fourth-order valence-corrected chi connectivity index (χ4v) is 2.56. The number of phenols is 1. The average Bonchev–Trinajstić information content (AvgIpc) is 2.70. The lowest BCUT2D eigenvalue weighted by atomic mass is 10.0. The van der Waals surface area contributed by atoms with E-state index in [9.17, 15) is 9.90 Å². The molecule has 0 heterocycles. The number of carbonyl (C=O) groups is 1. The van der Waals surface area contributed by atoms with Gasteiger partial charge in [0.2, 0.25) is 0 Å². The van der Waals surface area contributed by atoms with Gasteiger partial charge in [-0.2, -0.15) is 0 Å². The van der Waals surface area contributed by atoms with Gasteiger partial charge < -0.3 is 14.6 Å². The number of carbonyl (C=O) groups excluding carboxylic acids is 1. The Kier molecular flexibility index (Phi) is 6.10. The molecule has 0 amide bonds. The lowest BCUT2D eigenvalue weighted by molar-refractivity contribution is 0.0734. The standard InChI is InChI=1S/C23H22O4/c1-2-3-16-26-21-12-8-18(9-13-21)17-4-6-19(7-5-17)23(25)27-22-14-10-20(24)11-15-22/h4-15,24H,2-3,16H2,1H3. The van der Waals surface area contributed by atoms with E-state index < -0.39 is 5.97 Å². The molecule has 0 atom stereocenters. The van der Waals surface area contributed by atoms with Crippen LogP contribution in [-0.2, 0) is 0 Å². The largest absolute Gasteiger partial charge is 0.508 e. The lowest BCUT2D eigenvalue weighted by Gasteiger charge is -2.08. The molecular weight excluding hydrogens is 340 g/mol. The molecule has 3 aromatic carbocycles. The molecule has 0 bridgehead atoms. The van der Waals surface area contributed by atoms with Crippen LogP contribution in [-0.4, -0.2) is 17.7 Å². The summed E-state index contributed by atoms with van der Waals surface area (Å²) in [5, 5.41) is 9.27. The van der Waals surface area contributed by atoms with Crippen molar-refractivity contribution in [1.82, 2.24) is 0 Å². The zero-order chi connectivity index (χ0) is 19.1. The Labute approximate surface area is 159 Å². The molecule has 0 aliphatic heterocycles. The Morgan fingerprint density at radius 3 is 1.96 bits per heavy atom. The van der Waals surface area contributed by atoms with Crippen LogP contribution in [0.4, 0.5) is 0 Å². The van der Waals surface area contributed by atoms with E-state index in [0.717, 1.165) is 36.3 Å². The van der Waals surface area contributed by atoms with E-state index in [1.165, 1.54) is 12.1 Å². The molecule has 138 valence electrons. The predicted molar refractivity (Wildman–Crippen MR) is 105 cm³/mol. The minimum absolute atomic E-state index is 0.126. The third kappa shape index (κ3) is 5.11. The minimum Gasteiger partial charge on any atom is -0.508 e. The van der Waals surface area contributed by atoms with Crippen molar-refractivity contribution < 1.29 is 19.4 Å². The molecule has 3 aromatic rings. The summed E-state index contributed by atoms with van der Waals surface area (Å²) in [5.74, 6) is 0.940. The van der Waals surface area contributed by atoms with Gasteiger partial charge in [0.05, 0.1) is 12.2 Å². The van der Waals surface area contributed by atoms with Gasteiger partial charge >= 0.3 is 5.97 Å². The van der Waals surface area contributed by atoms with Crippen LogP contribution in [0.15, 0.2) is 72.8 Å². The molecule has 4 nitrogen and oxygen atoms in total. The minimum atomic E-state index is -0.438. The van der Waals surface area contributed by atoms with Crippen LogP contribution < -0.4 is 9.47 Å². The van der Waals surface area contributed by atoms with Gasteiger partial charge in [0.25, 0.3) is 0 Å². The molecule has 0 aliphatic rings. The summed E-state index contributed by atoms with van der Waals surface area (Å²) in [6.07, 6.45) is 2.16. The van der Waals surface area contributed by atoms with Crippen LogP contribution in [0.1, 0.15) is 30.1 Å². The Morgan fingerprint density at radius 1 is 0.815 bits per heavy atom. The van der Waals surface area contributed by atoms with Crippen molar-refractivity contribution >= 4 is 5.97 Å². The molecule has 1 N–H and O–H groups in total. The maximum absolute atomic E-state index is 12.2. The zero-order valence-corrected chi connectivity index (χ0v) is 15.2. The smallest absolute Gasteiger partial charge is 0.343 e. The number of rotatable bonds is 7. The SMILES string of the molecule is CCCCOc1ccc(-c2ccc(C(=O)Oc3ccc(O)cc3)cc2)cc1. The van der Waals surface area contributed by atoms with Crippen LogP contribution >= 0.6 is 0 Å². The maximum Gasteiger partial charge on any atom is 0.343 e. The second-order valence-electron chi connectivity index (χ2n) is 6.19. The van der Waals surface area contributed by atoms with Crippen LogP contribution in [0.2, 0.25) is 0 Å². The van der Waals surface area contributed by atoms with Gasteiger partial charge in [0.1, 0.15) is 17.2 Å². The number of esters is 1. The van der Waals surface area contributed by atoms with Gasteiger partial charge in [-0.05, 0) is 66.1 Å². The Balaban J connectivity index is 1.64. The first-order valence-corrected chi connectivity index (χ1v) is 9.00. The number of hydrogen-bond acceptors (Lipinski definition) is 4. The number of benzene rings is 3. The zero-order valence-electron chi connectivity index (χ0n) is 15.2. The number of hydrogen-bond donors (Lipinski definition) is 1. The highest BCUT2D eigenvalue weighted by molar-refractivity contribution is 5.91. The molecule has 4 heteroatoms. The van der Waals surface area contributed by atoms with E-state index in [1.54, 1.807) is 24.3 Å². The van der Waals surface area contributed by atoms with Gasteiger partial charge in [-0.25, -0.2) is 4.79 Å². The van der Waals surface area contributed by atoms with Crippen molar-refractivity contribution in [2.24, 2.45) is 0 Å². The van der Waals surface area contributed by atoms with E-state index in [-0.39, 0.29) is 5.75 Å². The summed E-state index contributed by atoms with van der Waals surface area (Å²) in [7, 11) is 0. The molecule has 0 saturated heterocycles. The normalized spacial score (nSPS) is 10.4. The van der Waals surface area contributed by atoms with Crippen molar-refractivity contribution in [3.63, 3.8) is 0 Å². The van der Waals surface area contributed by atoms with E-state index in [4.69, 9.17) is 9.47 Å². The second-order valence-corrected chi connectivity index (χ2v) is 6.19. The van der Waals surface area contributed by atoms with E-state index in [0.29, 0.717) is 11.3 Å². The fourth-order valence-electron chi connectivity index (χ4n) is 2.56. The molecule has 0 aliphatic carbocycles. The summed E-state index contributed by atoms with van der Waals surface area (Å²) >= 11 is 0. The van der Waals surface area contributed by atoms with Gasteiger partial charge in [-0.1, -0.05) is 37.6 Å². The van der Waals surface area contributed by atoms with Gasteiger partial charge in [-0.3, -0.25) is 0 Å². The molecule has 0 fully saturated rings. The van der Waals surface area contributed by atoms with Crippen molar-refractivity contribution in [2.45, 2.75) is 19.8 Å². The Bertz CT molecular complexity index is 866. The highest BCUT2D eigenvalue weighted by atomic mass is 16.5. The molecule has 0 saturated carbocycles. The Morgan fingerprint density at radius 2 is 1.37 bits per heavy atom. The van der Waals surface area contributed by atoms with Crippen LogP contribution in [0, 0.1) is 0 Å². The van der Waals surface area contributed by atoms with Crippen molar-refractivity contribution in [3.8, 4) is 28.4 Å². The summed E-state index contributed by atoms with van der Waals surface area (Å²) in [5.41, 5.74) is 2.53. The molecule has 3 rings (SSSR count). The highest BCUT2D eigenvalue weighted by Crippen LogP contribution is 2.24. The molecular formula is C23H22O4. The molecule has 0 aromatic heterocycles. The van der Waals surface area contributed by atoms with Gasteiger partial charge in [0.15, 0.2) is 0 Å². The fraction of sp³-hybridized carbons (Fsp3) is 0.174. The third-order valence-corrected chi connectivity index (χ3v) is 4.12. The van der Waals surface area contributed by atoms with Crippen LogP contribution in [0.5, 0.6) is 17.2 Å². The first-order chi connectivity index (χ1) is 13.2. The first kappa shape index (κ1) is 18.5.